The minimum Gasteiger partial charge on any atom is -0.508 e. The van der Waals surface area contributed by atoms with E-state index >= 15 is 0 Å². The summed E-state index contributed by atoms with van der Waals surface area (Å²) in [6.07, 6.45) is 2.23. The van der Waals surface area contributed by atoms with E-state index < -0.39 is 0 Å². The highest BCUT2D eigenvalue weighted by atomic mass is 32.2. The predicted molar refractivity (Wildman–Crippen MR) is 92.2 cm³/mol. The van der Waals surface area contributed by atoms with Crippen LogP contribution in [-0.2, 0) is 4.79 Å². The van der Waals surface area contributed by atoms with Crippen molar-refractivity contribution in [3.8, 4) is 5.75 Å². The van der Waals surface area contributed by atoms with Crippen molar-refractivity contribution in [2.24, 2.45) is 0 Å². The Morgan fingerprint density at radius 2 is 2.29 bits per heavy atom. The molecule has 1 aromatic heterocycles. The molecule has 0 fully saturated rings. The van der Waals surface area contributed by atoms with Gasteiger partial charge in [0.05, 0.1) is 0 Å². The zero-order chi connectivity index (χ0) is 16.7. The highest BCUT2D eigenvalue weighted by Gasteiger charge is 2.36. The maximum atomic E-state index is 12.6. The Hall–Kier alpha value is -2.28. The second kappa shape index (κ2) is 5.98. The molecule has 2 aliphatic rings. The van der Waals surface area contributed by atoms with Crippen molar-refractivity contribution < 1.29 is 9.90 Å². The lowest BCUT2D eigenvalue weighted by atomic mass is 9.85. The Kier molecular flexibility index (Phi) is 3.80. The second-order valence-corrected chi connectivity index (χ2v) is 7.12. The molecule has 2 aromatic rings. The number of carbonyl (C=O) groups excluding carboxylic acids is 1. The molecule has 1 atom stereocenters. The number of fused-ring (bicyclic) bond motifs is 1. The summed E-state index contributed by atoms with van der Waals surface area (Å²) in [5.41, 5.74) is 2.53. The number of carbonyl (C=O) groups is 1. The first-order valence-electron chi connectivity index (χ1n) is 8.09. The number of phenols is 1. The van der Waals surface area contributed by atoms with Crippen LogP contribution in [0.4, 0.5) is 5.95 Å². The van der Waals surface area contributed by atoms with Gasteiger partial charge in [-0.05, 0) is 36.3 Å². The monoisotopic (exact) mass is 342 g/mol. The maximum absolute atomic E-state index is 12.6. The number of ketones is 1. The number of nitrogens with zero attached hydrogens (tertiary/aromatic N) is 3. The highest BCUT2D eigenvalue weighted by molar-refractivity contribution is 7.99. The normalized spacial score (nSPS) is 19.7. The van der Waals surface area contributed by atoms with E-state index in [9.17, 15) is 9.90 Å². The van der Waals surface area contributed by atoms with Gasteiger partial charge in [0.15, 0.2) is 5.78 Å². The van der Waals surface area contributed by atoms with Crippen molar-refractivity contribution in [3.05, 3.63) is 41.1 Å². The van der Waals surface area contributed by atoms with Crippen molar-refractivity contribution in [3.63, 3.8) is 0 Å². The third-order valence-corrected chi connectivity index (χ3v) is 5.03. The summed E-state index contributed by atoms with van der Waals surface area (Å²) >= 11 is 1.57. The van der Waals surface area contributed by atoms with Crippen LogP contribution in [0.1, 0.15) is 37.8 Å². The molecule has 0 spiro atoms. The number of nitrogens with one attached hydrogen (secondary N) is 1. The molecule has 124 valence electrons. The van der Waals surface area contributed by atoms with E-state index in [1.165, 1.54) is 0 Å². The molecule has 0 bridgehead atoms. The quantitative estimate of drug-likeness (QED) is 0.834. The number of aromatic nitrogens is 3. The average Bonchev–Trinajstić information content (AvgIpc) is 2.95. The Labute approximate surface area is 144 Å². The SMILES string of the molecule is CCSc1nc2n(n1)[C@H](c1cccc(O)c1)C1=C(CCCC1=O)N2. The van der Waals surface area contributed by atoms with Gasteiger partial charge in [-0.2, -0.15) is 4.98 Å². The first-order valence-corrected chi connectivity index (χ1v) is 9.07. The van der Waals surface area contributed by atoms with Gasteiger partial charge < -0.3 is 10.4 Å². The summed E-state index contributed by atoms with van der Waals surface area (Å²) in [6.45, 7) is 2.05. The number of thioether (sulfide) groups is 1. The Balaban J connectivity index is 1.88. The topological polar surface area (TPSA) is 80.0 Å². The van der Waals surface area contributed by atoms with Crippen LogP contribution in [0.2, 0.25) is 0 Å². The number of anilines is 1. The third-order valence-electron chi connectivity index (χ3n) is 4.31. The van der Waals surface area contributed by atoms with Crippen LogP contribution in [-0.4, -0.2) is 31.4 Å². The molecule has 2 N–H and O–H groups in total. The number of Topliss-reactive ketones (excluding diaryl/α,β-unsaturated/α-hetero) is 1. The maximum Gasteiger partial charge on any atom is 0.227 e. The molecule has 1 aromatic carbocycles. The summed E-state index contributed by atoms with van der Waals surface area (Å²) in [5.74, 6) is 1.86. The number of allylic oxidation sites excluding steroid dienone is 2. The first-order chi connectivity index (χ1) is 11.7. The summed E-state index contributed by atoms with van der Waals surface area (Å²) in [5, 5.41) is 18.5. The number of rotatable bonds is 3. The van der Waals surface area contributed by atoms with E-state index in [0.717, 1.165) is 35.4 Å². The van der Waals surface area contributed by atoms with Gasteiger partial charge in [0.1, 0.15) is 11.8 Å². The van der Waals surface area contributed by atoms with Crippen LogP contribution in [0.5, 0.6) is 5.75 Å². The van der Waals surface area contributed by atoms with Crippen molar-refractivity contribution in [2.75, 3.05) is 11.1 Å². The number of phenolic OH excluding ortho intramolecular Hbond substituents is 1. The zero-order valence-corrected chi connectivity index (χ0v) is 14.1. The van der Waals surface area contributed by atoms with Crippen LogP contribution < -0.4 is 5.32 Å². The van der Waals surface area contributed by atoms with E-state index in [0.29, 0.717) is 17.5 Å². The van der Waals surface area contributed by atoms with E-state index in [1.54, 1.807) is 34.6 Å². The smallest absolute Gasteiger partial charge is 0.227 e. The summed E-state index contributed by atoms with van der Waals surface area (Å²) in [6, 6.07) is 6.69. The zero-order valence-electron chi connectivity index (χ0n) is 13.3. The summed E-state index contributed by atoms with van der Waals surface area (Å²) in [7, 11) is 0. The Bertz CT molecular complexity index is 843. The van der Waals surface area contributed by atoms with Crippen LogP contribution in [0.3, 0.4) is 0 Å². The van der Waals surface area contributed by atoms with Gasteiger partial charge in [-0.25, -0.2) is 4.68 Å². The summed E-state index contributed by atoms with van der Waals surface area (Å²) in [4.78, 5) is 17.2. The first kappa shape index (κ1) is 15.3. The van der Waals surface area contributed by atoms with Gasteiger partial charge in [0, 0.05) is 17.7 Å². The lowest BCUT2D eigenvalue weighted by Gasteiger charge is -2.32. The van der Waals surface area contributed by atoms with Gasteiger partial charge in [-0.3, -0.25) is 4.79 Å². The third kappa shape index (κ3) is 2.49. The molecule has 0 saturated heterocycles. The van der Waals surface area contributed by atoms with Crippen molar-refractivity contribution >= 4 is 23.5 Å². The number of aromatic hydroxyl groups is 1. The van der Waals surface area contributed by atoms with Crippen LogP contribution in [0.25, 0.3) is 0 Å². The predicted octanol–water partition coefficient (Wildman–Crippen LogP) is 3.12. The van der Waals surface area contributed by atoms with Crippen molar-refractivity contribution in [1.82, 2.24) is 14.8 Å². The number of hydrogen-bond donors (Lipinski definition) is 2. The molecule has 24 heavy (non-hydrogen) atoms. The number of benzene rings is 1. The number of hydrogen-bond acceptors (Lipinski definition) is 6. The second-order valence-electron chi connectivity index (χ2n) is 5.89. The molecular formula is C17H18N4O2S. The molecule has 0 unspecified atom stereocenters. The summed E-state index contributed by atoms with van der Waals surface area (Å²) < 4.78 is 1.77. The minimum absolute atomic E-state index is 0.142. The average molecular weight is 342 g/mol. The highest BCUT2D eigenvalue weighted by Crippen LogP contribution is 2.40. The Morgan fingerprint density at radius 3 is 3.08 bits per heavy atom. The minimum atomic E-state index is -0.338. The van der Waals surface area contributed by atoms with E-state index in [4.69, 9.17) is 0 Å². The van der Waals surface area contributed by atoms with E-state index in [2.05, 4.69) is 22.3 Å². The van der Waals surface area contributed by atoms with Gasteiger partial charge in [0.2, 0.25) is 11.1 Å². The lowest BCUT2D eigenvalue weighted by Crippen LogP contribution is -2.31. The molecule has 4 rings (SSSR count). The van der Waals surface area contributed by atoms with E-state index in [1.807, 2.05) is 6.07 Å². The van der Waals surface area contributed by atoms with Gasteiger partial charge in [-0.15, -0.1) is 5.10 Å². The molecule has 1 aliphatic carbocycles. The van der Waals surface area contributed by atoms with Crippen LogP contribution >= 0.6 is 11.8 Å². The van der Waals surface area contributed by atoms with Gasteiger partial charge in [-0.1, -0.05) is 30.8 Å². The fourth-order valence-electron chi connectivity index (χ4n) is 3.33. The largest absolute Gasteiger partial charge is 0.508 e. The lowest BCUT2D eigenvalue weighted by molar-refractivity contribution is -0.116. The Morgan fingerprint density at radius 1 is 1.42 bits per heavy atom. The van der Waals surface area contributed by atoms with Crippen LogP contribution in [0, 0.1) is 0 Å². The van der Waals surface area contributed by atoms with Crippen LogP contribution in [0.15, 0.2) is 40.7 Å². The molecule has 7 heteroatoms. The fourth-order valence-corrected chi connectivity index (χ4v) is 3.88. The van der Waals surface area contributed by atoms with E-state index in [-0.39, 0.29) is 17.6 Å². The molecule has 1 aliphatic heterocycles. The molecule has 2 heterocycles. The van der Waals surface area contributed by atoms with Crippen molar-refractivity contribution in [1.29, 1.82) is 0 Å². The van der Waals surface area contributed by atoms with Gasteiger partial charge in [0.25, 0.3) is 0 Å². The molecule has 0 radical (unpaired) electrons. The van der Waals surface area contributed by atoms with Crippen molar-refractivity contribution in [2.45, 2.75) is 37.4 Å². The molecule has 0 amide bonds. The molecule has 6 nitrogen and oxygen atoms in total. The molecular weight excluding hydrogens is 324 g/mol. The standard InChI is InChI=1S/C17H18N4O2S/c1-2-24-17-19-16-18-12-7-4-8-13(23)14(12)15(21(16)20-17)10-5-3-6-11(22)9-10/h3,5-6,9,15,22H,2,4,7-8H2,1H3,(H,18,19,20)/t15-/m1/s1. The van der Waals surface area contributed by atoms with Gasteiger partial charge >= 0.3 is 0 Å². The fraction of sp³-hybridized carbons (Fsp3) is 0.353. The molecule has 0 saturated carbocycles.